The normalized spacial score (nSPS) is 11.0. The highest BCUT2D eigenvalue weighted by molar-refractivity contribution is 7.99. The third-order valence-corrected chi connectivity index (χ3v) is 5.41. The number of rotatable bonds is 7. The first-order valence-corrected chi connectivity index (χ1v) is 10.2. The van der Waals surface area contributed by atoms with Gasteiger partial charge in [0.05, 0.1) is 17.0 Å². The zero-order chi connectivity index (χ0) is 21.1. The molecule has 9 heteroatoms. The van der Waals surface area contributed by atoms with E-state index in [2.05, 4.69) is 15.5 Å². The van der Waals surface area contributed by atoms with Crippen LogP contribution in [-0.4, -0.2) is 37.5 Å². The van der Waals surface area contributed by atoms with Gasteiger partial charge >= 0.3 is 5.97 Å². The number of anilines is 1. The van der Waals surface area contributed by atoms with Crippen LogP contribution < -0.4 is 5.32 Å². The molecule has 0 aliphatic heterocycles. The van der Waals surface area contributed by atoms with Crippen LogP contribution in [-0.2, 0) is 11.3 Å². The predicted molar refractivity (Wildman–Crippen MR) is 114 cm³/mol. The lowest BCUT2D eigenvalue weighted by molar-refractivity contribution is -0.113. The number of carbonyl (C=O) groups is 2. The number of para-hydroxylation sites is 2. The maximum Gasteiger partial charge on any atom is 0.337 e. The van der Waals surface area contributed by atoms with E-state index in [1.54, 1.807) is 18.2 Å². The largest absolute Gasteiger partial charge is 0.478 e. The van der Waals surface area contributed by atoms with Crippen LogP contribution in [0.15, 0.2) is 64.2 Å². The maximum absolute atomic E-state index is 12.4. The van der Waals surface area contributed by atoms with Crippen molar-refractivity contribution in [1.29, 1.82) is 0 Å². The number of aromatic nitrogens is 3. The standard InChI is InChI=1S/C21H18N4O4S/c1-2-25-19(17-11-13-7-3-6-10-16(13)29-17)23-24-21(25)30-12-18(26)22-15-9-5-4-8-14(15)20(27)28/h3-11H,2,12H2,1H3,(H,22,26)(H,27,28). The van der Waals surface area contributed by atoms with Gasteiger partial charge in [0.2, 0.25) is 11.7 Å². The van der Waals surface area contributed by atoms with Gasteiger partial charge in [-0.3, -0.25) is 9.36 Å². The molecule has 4 aromatic rings. The molecule has 2 aromatic carbocycles. The van der Waals surface area contributed by atoms with E-state index in [4.69, 9.17) is 4.42 Å². The Labute approximate surface area is 175 Å². The molecule has 0 saturated carbocycles. The van der Waals surface area contributed by atoms with Gasteiger partial charge in [-0.05, 0) is 31.2 Å². The molecule has 4 rings (SSSR count). The molecule has 8 nitrogen and oxygen atoms in total. The summed E-state index contributed by atoms with van der Waals surface area (Å²) in [4.78, 5) is 23.6. The van der Waals surface area contributed by atoms with E-state index in [-0.39, 0.29) is 22.9 Å². The summed E-state index contributed by atoms with van der Waals surface area (Å²) in [6, 6.07) is 15.9. The Morgan fingerprint density at radius 3 is 2.67 bits per heavy atom. The zero-order valence-corrected chi connectivity index (χ0v) is 16.8. The van der Waals surface area contributed by atoms with E-state index in [1.807, 2.05) is 41.8 Å². The number of nitrogens with zero attached hydrogens (tertiary/aromatic N) is 3. The van der Waals surface area contributed by atoms with Gasteiger partial charge in [0.25, 0.3) is 0 Å². The summed E-state index contributed by atoms with van der Waals surface area (Å²) in [5, 5.41) is 21.9. The van der Waals surface area contributed by atoms with Crippen LogP contribution in [0.4, 0.5) is 5.69 Å². The molecule has 0 spiro atoms. The number of benzene rings is 2. The lowest BCUT2D eigenvalue weighted by Crippen LogP contribution is -2.17. The number of fused-ring (bicyclic) bond motifs is 1. The number of thioether (sulfide) groups is 1. The predicted octanol–water partition coefficient (Wildman–Crippen LogP) is 4.14. The minimum absolute atomic E-state index is 0.0414. The molecular formula is C21H18N4O4S. The van der Waals surface area contributed by atoms with Crippen molar-refractivity contribution in [2.75, 3.05) is 11.1 Å². The minimum Gasteiger partial charge on any atom is -0.478 e. The molecule has 1 amide bonds. The summed E-state index contributed by atoms with van der Waals surface area (Å²) in [5.41, 5.74) is 1.07. The van der Waals surface area contributed by atoms with Crippen molar-refractivity contribution in [1.82, 2.24) is 14.8 Å². The summed E-state index contributed by atoms with van der Waals surface area (Å²) < 4.78 is 7.76. The molecule has 0 fully saturated rings. The zero-order valence-electron chi connectivity index (χ0n) is 16.0. The molecule has 0 saturated heterocycles. The van der Waals surface area contributed by atoms with Crippen molar-refractivity contribution in [3.63, 3.8) is 0 Å². The average Bonchev–Trinajstić information content (AvgIpc) is 3.35. The topological polar surface area (TPSA) is 110 Å². The van der Waals surface area contributed by atoms with E-state index < -0.39 is 5.97 Å². The van der Waals surface area contributed by atoms with Gasteiger partial charge in [0.15, 0.2) is 10.9 Å². The van der Waals surface area contributed by atoms with E-state index in [9.17, 15) is 14.7 Å². The Morgan fingerprint density at radius 2 is 1.90 bits per heavy atom. The lowest BCUT2D eigenvalue weighted by Gasteiger charge is -2.08. The van der Waals surface area contributed by atoms with Crippen LogP contribution in [0.25, 0.3) is 22.6 Å². The maximum atomic E-state index is 12.4. The Bertz CT molecular complexity index is 1200. The van der Waals surface area contributed by atoms with Crippen LogP contribution in [0.5, 0.6) is 0 Å². The van der Waals surface area contributed by atoms with Crippen molar-refractivity contribution < 1.29 is 19.1 Å². The van der Waals surface area contributed by atoms with E-state index in [0.29, 0.717) is 23.3 Å². The molecule has 2 aromatic heterocycles. The fourth-order valence-electron chi connectivity index (χ4n) is 3.05. The van der Waals surface area contributed by atoms with Crippen molar-refractivity contribution in [2.45, 2.75) is 18.6 Å². The lowest BCUT2D eigenvalue weighted by atomic mass is 10.2. The summed E-state index contributed by atoms with van der Waals surface area (Å²) in [7, 11) is 0. The summed E-state index contributed by atoms with van der Waals surface area (Å²) in [6.07, 6.45) is 0. The van der Waals surface area contributed by atoms with Crippen molar-refractivity contribution in [3.8, 4) is 11.6 Å². The Kier molecular flexibility index (Phi) is 5.53. The van der Waals surface area contributed by atoms with Crippen molar-refractivity contribution in [3.05, 3.63) is 60.2 Å². The van der Waals surface area contributed by atoms with Crippen LogP contribution in [0.2, 0.25) is 0 Å². The third-order valence-electron chi connectivity index (χ3n) is 4.44. The Balaban J connectivity index is 1.49. The first-order valence-electron chi connectivity index (χ1n) is 9.24. The van der Waals surface area contributed by atoms with Crippen LogP contribution in [0.1, 0.15) is 17.3 Å². The fourth-order valence-corrected chi connectivity index (χ4v) is 3.85. The third kappa shape index (κ3) is 3.92. The first-order chi connectivity index (χ1) is 14.6. The number of carbonyl (C=O) groups excluding carboxylic acids is 1. The minimum atomic E-state index is -1.10. The molecule has 0 aliphatic rings. The molecule has 0 bridgehead atoms. The van der Waals surface area contributed by atoms with Gasteiger partial charge in [-0.25, -0.2) is 4.79 Å². The summed E-state index contributed by atoms with van der Waals surface area (Å²) in [5.74, 6) is -0.166. The quantitative estimate of drug-likeness (QED) is 0.431. The smallest absolute Gasteiger partial charge is 0.337 e. The second-order valence-electron chi connectivity index (χ2n) is 6.39. The molecule has 0 radical (unpaired) electrons. The molecule has 2 N–H and O–H groups in total. The molecule has 0 aliphatic carbocycles. The number of carboxylic acids is 1. The van der Waals surface area contributed by atoms with Gasteiger partial charge in [-0.15, -0.1) is 10.2 Å². The van der Waals surface area contributed by atoms with Gasteiger partial charge in [0.1, 0.15) is 5.58 Å². The summed E-state index contributed by atoms with van der Waals surface area (Å²) in [6.45, 7) is 2.56. The number of carboxylic acid groups (broad SMARTS) is 1. The first kappa shape index (κ1) is 19.7. The highest BCUT2D eigenvalue weighted by Gasteiger charge is 2.18. The highest BCUT2D eigenvalue weighted by atomic mass is 32.2. The number of amides is 1. The van der Waals surface area contributed by atoms with Gasteiger partial charge in [-0.2, -0.15) is 0 Å². The second kappa shape index (κ2) is 8.42. The van der Waals surface area contributed by atoms with Gasteiger partial charge in [0, 0.05) is 11.9 Å². The number of aromatic carboxylic acids is 1. The molecule has 30 heavy (non-hydrogen) atoms. The molecule has 2 heterocycles. The van der Waals surface area contributed by atoms with Crippen molar-refractivity contribution >= 4 is 40.3 Å². The summed E-state index contributed by atoms with van der Waals surface area (Å²) >= 11 is 1.22. The number of nitrogens with one attached hydrogen (secondary N) is 1. The molecule has 0 atom stereocenters. The number of furan rings is 1. The van der Waals surface area contributed by atoms with E-state index in [0.717, 1.165) is 11.0 Å². The Morgan fingerprint density at radius 1 is 1.13 bits per heavy atom. The molecule has 0 unspecified atom stereocenters. The van der Waals surface area contributed by atoms with Crippen LogP contribution >= 0.6 is 11.8 Å². The average molecular weight is 422 g/mol. The Hall–Kier alpha value is -3.59. The fraction of sp³-hybridized carbons (Fsp3) is 0.143. The monoisotopic (exact) mass is 422 g/mol. The van der Waals surface area contributed by atoms with E-state index in [1.165, 1.54) is 17.8 Å². The molecular weight excluding hydrogens is 404 g/mol. The second-order valence-corrected chi connectivity index (χ2v) is 7.33. The SMILES string of the molecule is CCn1c(SCC(=O)Nc2ccccc2C(=O)O)nnc1-c1cc2ccccc2o1. The van der Waals surface area contributed by atoms with Crippen molar-refractivity contribution in [2.24, 2.45) is 0 Å². The highest BCUT2D eigenvalue weighted by Crippen LogP contribution is 2.29. The van der Waals surface area contributed by atoms with Crippen LogP contribution in [0.3, 0.4) is 0 Å². The number of hydrogen-bond donors (Lipinski definition) is 2. The van der Waals surface area contributed by atoms with Gasteiger partial charge in [-0.1, -0.05) is 42.1 Å². The number of hydrogen-bond acceptors (Lipinski definition) is 6. The van der Waals surface area contributed by atoms with E-state index >= 15 is 0 Å². The molecule has 152 valence electrons. The van der Waals surface area contributed by atoms with Gasteiger partial charge < -0.3 is 14.8 Å². The van der Waals surface area contributed by atoms with Crippen LogP contribution in [0, 0.1) is 0 Å².